The average molecular weight is 253 g/mol. The Morgan fingerprint density at radius 3 is 3.18 bits per heavy atom. The molecule has 0 spiro atoms. The molecule has 2 N–H and O–H groups in total. The summed E-state index contributed by atoms with van der Waals surface area (Å²) in [6.45, 7) is 1.21. The first kappa shape index (κ1) is 11.7. The lowest BCUT2D eigenvalue weighted by atomic mass is 10.2. The van der Waals surface area contributed by atoms with Crippen molar-refractivity contribution in [1.29, 1.82) is 0 Å². The molecule has 6 nitrogen and oxygen atoms in total. The Balaban J connectivity index is 1.78. The first-order chi connectivity index (χ1) is 8.27. The Hall–Kier alpha value is -1.73. The van der Waals surface area contributed by atoms with E-state index < -0.39 is 5.97 Å². The molecule has 0 atom stereocenters. The van der Waals surface area contributed by atoms with E-state index in [0.717, 1.165) is 5.56 Å². The maximum atomic E-state index is 10.9. The molecular weight excluding hydrogens is 242 g/mol. The second kappa shape index (κ2) is 5.55. The molecule has 0 fully saturated rings. The lowest BCUT2D eigenvalue weighted by molar-refractivity contribution is 0.0701. The van der Waals surface area contributed by atoms with Crippen molar-refractivity contribution in [2.24, 2.45) is 0 Å². The molecule has 0 saturated heterocycles. The molecule has 7 heteroatoms. The summed E-state index contributed by atoms with van der Waals surface area (Å²) in [7, 11) is 0. The standard InChI is InChI=1S/C10H11N3O3S/c14-10(15)9-7(2-4-17-9)5-11-3-1-8-12-6-16-13-8/h2,4,6,11H,1,3,5H2,(H,14,15). The van der Waals surface area contributed by atoms with Gasteiger partial charge in [0.15, 0.2) is 5.82 Å². The van der Waals surface area contributed by atoms with Crippen molar-refractivity contribution in [2.45, 2.75) is 13.0 Å². The first-order valence-corrected chi connectivity index (χ1v) is 5.91. The van der Waals surface area contributed by atoms with E-state index in [1.165, 1.54) is 17.7 Å². The molecule has 0 bridgehead atoms. The molecule has 17 heavy (non-hydrogen) atoms. The molecule has 0 aliphatic heterocycles. The van der Waals surface area contributed by atoms with Crippen molar-refractivity contribution in [3.63, 3.8) is 0 Å². The minimum absolute atomic E-state index is 0.386. The molecule has 0 aliphatic carbocycles. The summed E-state index contributed by atoms with van der Waals surface area (Å²) in [5.41, 5.74) is 0.801. The van der Waals surface area contributed by atoms with E-state index in [0.29, 0.717) is 30.2 Å². The lowest BCUT2D eigenvalue weighted by Gasteiger charge is -2.02. The molecule has 0 aliphatic rings. The van der Waals surface area contributed by atoms with Gasteiger partial charge < -0.3 is 14.9 Å². The van der Waals surface area contributed by atoms with Crippen molar-refractivity contribution in [2.75, 3.05) is 6.54 Å². The fourth-order valence-corrected chi connectivity index (χ4v) is 2.15. The third-order valence-corrected chi connectivity index (χ3v) is 3.13. The zero-order valence-corrected chi connectivity index (χ0v) is 9.74. The third-order valence-electron chi connectivity index (χ3n) is 2.19. The van der Waals surface area contributed by atoms with Crippen molar-refractivity contribution in [3.05, 3.63) is 34.1 Å². The lowest BCUT2D eigenvalue weighted by Crippen LogP contribution is -2.18. The monoisotopic (exact) mass is 253 g/mol. The number of rotatable bonds is 6. The van der Waals surface area contributed by atoms with E-state index in [1.54, 1.807) is 5.38 Å². The number of hydrogen-bond acceptors (Lipinski definition) is 6. The third kappa shape index (κ3) is 3.11. The Kier molecular flexibility index (Phi) is 3.84. The molecule has 2 aromatic heterocycles. The summed E-state index contributed by atoms with van der Waals surface area (Å²) in [6.07, 6.45) is 1.94. The van der Waals surface area contributed by atoms with Crippen LogP contribution in [0.5, 0.6) is 0 Å². The summed E-state index contributed by atoms with van der Waals surface area (Å²) in [5.74, 6) is -0.240. The Bertz CT molecular complexity index is 481. The molecule has 0 unspecified atom stereocenters. The zero-order valence-electron chi connectivity index (χ0n) is 8.92. The van der Waals surface area contributed by atoms with Gasteiger partial charge in [-0.2, -0.15) is 4.98 Å². The number of thiophene rings is 1. The van der Waals surface area contributed by atoms with Gasteiger partial charge in [-0.15, -0.1) is 11.3 Å². The van der Waals surface area contributed by atoms with Gasteiger partial charge in [-0.25, -0.2) is 4.79 Å². The molecule has 0 amide bonds. The molecule has 2 heterocycles. The van der Waals surface area contributed by atoms with Crippen LogP contribution in [0.15, 0.2) is 22.4 Å². The smallest absolute Gasteiger partial charge is 0.346 e. The van der Waals surface area contributed by atoms with Gasteiger partial charge in [0, 0.05) is 19.5 Å². The van der Waals surface area contributed by atoms with Crippen LogP contribution in [0.3, 0.4) is 0 Å². The SMILES string of the molecule is O=C(O)c1sccc1CNCCc1ncon1. The highest BCUT2D eigenvalue weighted by molar-refractivity contribution is 7.12. The highest BCUT2D eigenvalue weighted by atomic mass is 32.1. The Labute approximate surface area is 101 Å². The highest BCUT2D eigenvalue weighted by Crippen LogP contribution is 2.16. The zero-order chi connectivity index (χ0) is 12.1. The number of aromatic carboxylic acids is 1. The maximum Gasteiger partial charge on any atom is 0.346 e. The van der Waals surface area contributed by atoms with E-state index in [4.69, 9.17) is 5.11 Å². The van der Waals surface area contributed by atoms with Crippen LogP contribution in [-0.4, -0.2) is 27.8 Å². The molecule has 0 radical (unpaired) electrons. The molecule has 0 saturated carbocycles. The second-order valence-corrected chi connectivity index (χ2v) is 4.27. The van der Waals surface area contributed by atoms with Crippen LogP contribution in [0.4, 0.5) is 0 Å². The van der Waals surface area contributed by atoms with Crippen molar-refractivity contribution < 1.29 is 14.4 Å². The van der Waals surface area contributed by atoms with Gasteiger partial charge in [-0.3, -0.25) is 0 Å². The summed E-state index contributed by atoms with van der Waals surface area (Å²) in [6, 6.07) is 1.81. The fraction of sp³-hybridized carbons (Fsp3) is 0.300. The van der Waals surface area contributed by atoms with Crippen LogP contribution in [0.2, 0.25) is 0 Å². The van der Waals surface area contributed by atoms with Gasteiger partial charge in [0.25, 0.3) is 0 Å². The van der Waals surface area contributed by atoms with E-state index >= 15 is 0 Å². The molecule has 0 aromatic carbocycles. The van der Waals surface area contributed by atoms with E-state index in [9.17, 15) is 4.79 Å². The molecular formula is C10H11N3O3S. The van der Waals surface area contributed by atoms with Gasteiger partial charge in [-0.1, -0.05) is 5.16 Å². The van der Waals surface area contributed by atoms with Gasteiger partial charge in [0.2, 0.25) is 6.39 Å². The molecule has 90 valence electrons. The fourth-order valence-electron chi connectivity index (χ4n) is 1.39. The summed E-state index contributed by atoms with van der Waals surface area (Å²) in [5, 5.41) is 17.5. The number of hydrogen-bond donors (Lipinski definition) is 2. The minimum Gasteiger partial charge on any atom is -0.477 e. The largest absolute Gasteiger partial charge is 0.477 e. The number of aromatic nitrogens is 2. The number of nitrogens with zero attached hydrogens (tertiary/aromatic N) is 2. The number of carbonyl (C=O) groups is 1. The van der Waals surface area contributed by atoms with Crippen molar-refractivity contribution >= 4 is 17.3 Å². The summed E-state index contributed by atoms with van der Waals surface area (Å²) >= 11 is 1.23. The Morgan fingerprint density at radius 1 is 1.59 bits per heavy atom. The van der Waals surface area contributed by atoms with Gasteiger partial charge in [0.1, 0.15) is 4.88 Å². The van der Waals surface area contributed by atoms with Gasteiger partial charge in [0.05, 0.1) is 0 Å². The van der Waals surface area contributed by atoms with E-state index in [-0.39, 0.29) is 0 Å². The van der Waals surface area contributed by atoms with Gasteiger partial charge in [-0.05, 0) is 17.0 Å². The normalized spacial score (nSPS) is 10.6. The Morgan fingerprint density at radius 2 is 2.47 bits per heavy atom. The van der Waals surface area contributed by atoms with E-state index in [2.05, 4.69) is 20.0 Å². The highest BCUT2D eigenvalue weighted by Gasteiger charge is 2.10. The number of carboxylic acid groups (broad SMARTS) is 1. The van der Waals surface area contributed by atoms with Crippen LogP contribution in [0.25, 0.3) is 0 Å². The topological polar surface area (TPSA) is 88.2 Å². The quantitative estimate of drug-likeness (QED) is 0.751. The van der Waals surface area contributed by atoms with Crippen LogP contribution in [0, 0.1) is 0 Å². The van der Waals surface area contributed by atoms with Crippen LogP contribution in [-0.2, 0) is 13.0 Å². The van der Waals surface area contributed by atoms with Crippen LogP contribution >= 0.6 is 11.3 Å². The van der Waals surface area contributed by atoms with Gasteiger partial charge >= 0.3 is 5.97 Å². The summed E-state index contributed by atoms with van der Waals surface area (Å²) < 4.78 is 4.60. The van der Waals surface area contributed by atoms with Crippen LogP contribution in [0.1, 0.15) is 21.1 Å². The van der Waals surface area contributed by atoms with Crippen molar-refractivity contribution in [3.8, 4) is 0 Å². The summed E-state index contributed by atoms with van der Waals surface area (Å²) in [4.78, 5) is 15.1. The second-order valence-electron chi connectivity index (χ2n) is 3.35. The first-order valence-electron chi connectivity index (χ1n) is 5.03. The molecule has 2 aromatic rings. The number of carboxylic acids is 1. The predicted molar refractivity (Wildman–Crippen MR) is 61.0 cm³/mol. The minimum atomic E-state index is -0.880. The predicted octanol–water partition coefficient (Wildman–Crippen LogP) is 1.16. The average Bonchev–Trinajstić information content (AvgIpc) is 2.95. The molecule has 2 rings (SSSR count). The van der Waals surface area contributed by atoms with Crippen molar-refractivity contribution in [1.82, 2.24) is 15.5 Å². The van der Waals surface area contributed by atoms with Crippen LogP contribution < -0.4 is 5.32 Å². The van der Waals surface area contributed by atoms with E-state index in [1.807, 2.05) is 6.07 Å². The maximum absolute atomic E-state index is 10.9. The number of nitrogens with one attached hydrogen (secondary N) is 1.